The van der Waals surface area contributed by atoms with Crippen LogP contribution in [0.1, 0.15) is 77.6 Å². The van der Waals surface area contributed by atoms with E-state index >= 15 is 0 Å². The number of nitrogens with zero attached hydrogens (tertiary/aromatic N) is 3. The maximum absolute atomic E-state index is 12.5. The van der Waals surface area contributed by atoms with Gasteiger partial charge in [-0.25, -0.2) is 17.9 Å². The molecule has 0 bridgehead atoms. The number of carbonyl (C=O) groups excluding carboxylic acids is 1. The van der Waals surface area contributed by atoms with Gasteiger partial charge in [0.25, 0.3) is 0 Å². The Hall–Kier alpha value is -4.53. The summed E-state index contributed by atoms with van der Waals surface area (Å²) < 4.78 is 29.0. The molecule has 5 rings (SSSR count). The predicted molar refractivity (Wildman–Crippen MR) is 199 cm³/mol. The average molecular weight is 706 g/mol. The van der Waals surface area contributed by atoms with Crippen LogP contribution in [0.15, 0.2) is 75.5 Å². The SMILES string of the molecule is CC(C)(C)c1cc2cn(-c3ccc(CNC(=O)CCN=C(N)N)cc3)c(=O)nc2[nH]1.CC(C)(C)c1ccc(S(=O)(=O)NC2CCNCC2)cc1. The third-order valence-corrected chi connectivity index (χ3v) is 9.88. The van der Waals surface area contributed by atoms with Gasteiger partial charge in [0.05, 0.1) is 17.1 Å². The third-order valence-electron chi connectivity index (χ3n) is 8.35. The summed E-state index contributed by atoms with van der Waals surface area (Å²) in [6.07, 6.45) is 3.69. The van der Waals surface area contributed by atoms with Crippen LogP contribution in [0.5, 0.6) is 0 Å². The van der Waals surface area contributed by atoms with Crippen LogP contribution < -0.4 is 32.5 Å². The Kier molecular flexibility index (Phi) is 12.2. The number of carbonyl (C=O) groups is 1. The van der Waals surface area contributed by atoms with Crippen LogP contribution in [-0.2, 0) is 32.2 Å². The monoisotopic (exact) mass is 705 g/mol. The summed E-state index contributed by atoms with van der Waals surface area (Å²) in [6.45, 7) is 15.0. The van der Waals surface area contributed by atoms with Crippen molar-refractivity contribution in [2.75, 3.05) is 19.6 Å². The minimum absolute atomic E-state index is 0.0319. The van der Waals surface area contributed by atoms with Crippen molar-refractivity contribution >= 4 is 32.9 Å². The maximum atomic E-state index is 12.5. The Morgan fingerprint density at radius 1 is 0.980 bits per heavy atom. The first-order valence-electron chi connectivity index (χ1n) is 16.8. The molecule has 2 aromatic heterocycles. The summed E-state index contributed by atoms with van der Waals surface area (Å²) in [6, 6.07) is 16.6. The molecular weight excluding hydrogens is 655 g/mol. The molecule has 50 heavy (non-hydrogen) atoms. The lowest BCUT2D eigenvalue weighted by atomic mass is 9.87. The lowest BCUT2D eigenvalue weighted by Crippen LogP contribution is -2.42. The number of rotatable bonds is 9. The van der Waals surface area contributed by atoms with Gasteiger partial charge in [0.2, 0.25) is 15.9 Å². The molecule has 1 fully saturated rings. The van der Waals surface area contributed by atoms with Gasteiger partial charge in [0.15, 0.2) is 5.96 Å². The van der Waals surface area contributed by atoms with Crippen molar-refractivity contribution in [2.45, 2.75) is 89.1 Å². The van der Waals surface area contributed by atoms with E-state index in [0.29, 0.717) is 22.8 Å². The van der Waals surface area contributed by atoms with Crippen LogP contribution in [-0.4, -0.2) is 60.5 Å². The van der Waals surface area contributed by atoms with Crippen LogP contribution >= 0.6 is 0 Å². The minimum Gasteiger partial charge on any atom is -0.370 e. The summed E-state index contributed by atoms with van der Waals surface area (Å²) in [5.74, 6) is -0.173. The van der Waals surface area contributed by atoms with E-state index in [9.17, 15) is 18.0 Å². The molecule has 0 saturated carbocycles. The number of nitrogens with two attached hydrogens (primary N) is 2. The van der Waals surface area contributed by atoms with Crippen molar-refractivity contribution in [2.24, 2.45) is 16.5 Å². The Morgan fingerprint density at radius 2 is 1.62 bits per heavy atom. The van der Waals surface area contributed by atoms with Crippen LogP contribution in [0, 0.1) is 0 Å². The number of benzene rings is 2. The molecule has 14 heteroatoms. The molecule has 1 amide bonds. The molecule has 1 aliphatic rings. The van der Waals surface area contributed by atoms with Crippen molar-refractivity contribution in [3.8, 4) is 5.69 Å². The van der Waals surface area contributed by atoms with E-state index in [1.54, 1.807) is 18.3 Å². The molecule has 4 aromatic rings. The molecule has 0 unspecified atom stereocenters. The number of fused-ring (bicyclic) bond motifs is 1. The number of hydrogen-bond acceptors (Lipinski definition) is 7. The molecule has 13 nitrogen and oxygen atoms in total. The highest BCUT2D eigenvalue weighted by Crippen LogP contribution is 2.25. The fourth-order valence-electron chi connectivity index (χ4n) is 5.29. The lowest BCUT2D eigenvalue weighted by Gasteiger charge is -2.24. The molecule has 0 spiro atoms. The number of H-pyrrole nitrogens is 1. The van der Waals surface area contributed by atoms with E-state index in [1.165, 1.54) is 4.57 Å². The van der Waals surface area contributed by atoms with E-state index < -0.39 is 10.0 Å². The zero-order chi connectivity index (χ0) is 36.7. The van der Waals surface area contributed by atoms with E-state index in [0.717, 1.165) is 48.1 Å². The number of hydrogen-bond donors (Lipinski definition) is 6. The van der Waals surface area contributed by atoms with Gasteiger partial charge >= 0.3 is 5.69 Å². The molecular formula is C36H51N9O4S. The van der Waals surface area contributed by atoms with Gasteiger partial charge in [-0.3, -0.25) is 14.4 Å². The van der Waals surface area contributed by atoms with Crippen LogP contribution in [0.4, 0.5) is 0 Å². The summed E-state index contributed by atoms with van der Waals surface area (Å²) in [4.78, 5) is 35.8. The molecule has 0 aliphatic carbocycles. The summed E-state index contributed by atoms with van der Waals surface area (Å²) in [5, 5.41) is 6.91. The average Bonchev–Trinajstić information content (AvgIpc) is 3.48. The standard InChI is InChI=1S/C21H27N7O2.C15H24N2O2S/c1-21(2,3)16-10-14-12-28(20(30)27-18(14)26-16)15-6-4-13(5-7-15)11-25-17(29)8-9-24-19(22)23;1-15(2,3)12-4-6-14(7-5-12)20(18,19)17-13-8-10-16-11-9-13/h4-7,10,12H,8-9,11H2,1-3H3,(H,25,29)(H4,22,23,24)(H,26,27,30);4-7,13,16-17H,8-11H2,1-3H3. The summed E-state index contributed by atoms with van der Waals surface area (Å²) in [7, 11) is -3.40. The van der Waals surface area contributed by atoms with Crippen molar-refractivity contribution < 1.29 is 13.2 Å². The first-order valence-corrected chi connectivity index (χ1v) is 18.3. The third kappa shape index (κ3) is 10.7. The molecule has 3 heterocycles. The largest absolute Gasteiger partial charge is 0.370 e. The van der Waals surface area contributed by atoms with Crippen molar-refractivity contribution in [1.29, 1.82) is 0 Å². The molecule has 2 aromatic carbocycles. The van der Waals surface area contributed by atoms with Gasteiger partial charge in [0.1, 0.15) is 5.65 Å². The van der Waals surface area contributed by atoms with Crippen LogP contribution in [0.2, 0.25) is 0 Å². The second kappa shape index (κ2) is 16.0. The van der Waals surface area contributed by atoms with Crippen molar-refractivity contribution in [1.82, 2.24) is 29.9 Å². The topological polar surface area (TPSA) is 202 Å². The first-order chi connectivity index (χ1) is 23.4. The second-order valence-corrected chi connectivity index (χ2v) is 16.3. The lowest BCUT2D eigenvalue weighted by molar-refractivity contribution is -0.121. The van der Waals surface area contributed by atoms with Gasteiger partial charge in [-0.15, -0.1) is 0 Å². The van der Waals surface area contributed by atoms with Crippen molar-refractivity contribution in [3.05, 3.63) is 88.1 Å². The highest BCUT2D eigenvalue weighted by Gasteiger charge is 2.23. The number of nitrogens with one attached hydrogen (secondary N) is 4. The Morgan fingerprint density at radius 3 is 2.20 bits per heavy atom. The number of aromatic nitrogens is 3. The molecule has 0 atom stereocenters. The normalized spacial score (nSPS) is 14.1. The predicted octanol–water partition coefficient (Wildman–Crippen LogP) is 3.31. The van der Waals surface area contributed by atoms with E-state index in [-0.39, 0.29) is 47.4 Å². The van der Waals surface area contributed by atoms with Crippen LogP contribution in [0.3, 0.4) is 0 Å². The fraction of sp³-hybridized carbons (Fsp3) is 0.444. The second-order valence-electron chi connectivity index (χ2n) is 14.6. The Bertz CT molecular complexity index is 1940. The first kappa shape index (κ1) is 38.3. The Balaban J connectivity index is 0.000000244. The van der Waals surface area contributed by atoms with Gasteiger partial charge in [-0.1, -0.05) is 65.8 Å². The number of amides is 1. The van der Waals surface area contributed by atoms with E-state index in [4.69, 9.17) is 11.5 Å². The highest BCUT2D eigenvalue weighted by atomic mass is 32.2. The van der Waals surface area contributed by atoms with E-state index in [1.807, 2.05) is 42.5 Å². The molecule has 0 radical (unpaired) electrons. The van der Waals surface area contributed by atoms with Gasteiger partial charge in [-0.2, -0.15) is 4.98 Å². The number of guanidine groups is 1. The summed E-state index contributed by atoms with van der Waals surface area (Å²) >= 11 is 0. The molecule has 270 valence electrons. The zero-order valence-corrected chi connectivity index (χ0v) is 30.7. The Labute approximate surface area is 294 Å². The van der Waals surface area contributed by atoms with Gasteiger partial charge < -0.3 is 27.1 Å². The smallest absolute Gasteiger partial charge is 0.354 e. The zero-order valence-electron chi connectivity index (χ0n) is 29.8. The maximum Gasteiger partial charge on any atom is 0.354 e. The minimum atomic E-state index is -3.40. The summed E-state index contributed by atoms with van der Waals surface area (Å²) in [5.41, 5.74) is 14.4. The quantitative estimate of drug-likeness (QED) is 0.112. The fourth-order valence-corrected chi connectivity index (χ4v) is 6.60. The molecule has 1 aliphatic heterocycles. The number of aliphatic imine (C=N–C) groups is 1. The molecule has 8 N–H and O–H groups in total. The molecule has 1 saturated heterocycles. The highest BCUT2D eigenvalue weighted by molar-refractivity contribution is 7.89. The van der Waals surface area contributed by atoms with Gasteiger partial charge in [-0.05, 0) is 72.8 Å². The van der Waals surface area contributed by atoms with E-state index in [2.05, 4.69) is 71.9 Å². The van der Waals surface area contributed by atoms with Gasteiger partial charge in [0, 0.05) is 41.7 Å². The number of aromatic amines is 1. The van der Waals surface area contributed by atoms with Crippen molar-refractivity contribution in [3.63, 3.8) is 0 Å². The number of piperidine rings is 1. The number of sulfonamides is 1. The van der Waals surface area contributed by atoms with Crippen LogP contribution in [0.25, 0.3) is 16.7 Å².